The van der Waals surface area contributed by atoms with E-state index in [4.69, 9.17) is 9.84 Å². The van der Waals surface area contributed by atoms with E-state index in [-0.39, 0.29) is 12.7 Å². The maximum absolute atomic E-state index is 8.78. The number of ether oxygens (including phenoxy) is 1. The molecule has 0 spiro atoms. The molecule has 0 saturated carbocycles. The molecular weight excluding hydrogens is 216 g/mol. The summed E-state index contributed by atoms with van der Waals surface area (Å²) in [4.78, 5) is 7.69. The molecule has 0 saturated heterocycles. The smallest absolute Gasteiger partial charge is 0.121 e. The van der Waals surface area contributed by atoms with Crippen molar-refractivity contribution >= 4 is 11.0 Å². The molecule has 0 unspecified atom stereocenters. The fourth-order valence-electron chi connectivity index (χ4n) is 1.75. The van der Waals surface area contributed by atoms with Crippen molar-refractivity contribution in [1.29, 1.82) is 0 Å². The van der Waals surface area contributed by atoms with E-state index in [1.807, 2.05) is 32.0 Å². The Morgan fingerprint density at radius 1 is 1.41 bits per heavy atom. The molecule has 0 bridgehead atoms. The highest BCUT2D eigenvalue weighted by Crippen LogP contribution is 2.20. The minimum absolute atomic E-state index is 0.171. The quantitative estimate of drug-likeness (QED) is 0.834. The van der Waals surface area contributed by atoms with Gasteiger partial charge in [-0.25, -0.2) is 4.98 Å². The van der Waals surface area contributed by atoms with Crippen molar-refractivity contribution in [3.05, 3.63) is 24.0 Å². The van der Waals surface area contributed by atoms with Crippen LogP contribution in [-0.2, 0) is 6.42 Å². The number of aliphatic hydroxyl groups is 1. The molecule has 17 heavy (non-hydrogen) atoms. The van der Waals surface area contributed by atoms with Gasteiger partial charge >= 0.3 is 0 Å². The number of hydrogen-bond acceptors (Lipinski definition) is 3. The summed E-state index contributed by atoms with van der Waals surface area (Å²) in [6.45, 7) is 4.20. The zero-order chi connectivity index (χ0) is 12.3. The molecule has 0 aliphatic carbocycles. The van der Waals surface area contributed by atoms with Gasteiger partial charge in [-0.1, -0.05) is 0 Å². The third-order valence-electron chi connectivity index (χ3n) is 2.45. The Kier molecular flexibility index (Phi) is 3.64. The molecular formula is C13H18N2O2. The van der Waals surface area contributed by atoms with E-state index in [1.54, 1.807) is 0 Å². The topological polar surface area (TPSA) is 58.1 Å². The fraction of sp³-hybridized carbons (Fsp3) is 0.462. The summed E-state index contributed by atoms with van der Waals surface area (Å²) in [6, 6.07) is 5.84. The minimum atomic E-state index is 0.171. The number of H-pyrrole nitrogens is 1. The lowest BCUT2D eigenvalue weighted by atomic mass is 10.3. The van der Waals surface area contributed by atoms with Crippen LogP contribution in [0.1, 0.15) is 26.1 Å². The first kappa shape index (κ1) is 11.9. The molecule has 2 rings (SSSR count). The lowest BCUT2D eigenvalue weighted by Gasteiger charge is -2.08. The van der Waals surface area contributed by atoms with Crippen molar-refractivity contribution in [3.8, 4) is 5.75 Å². The monoisotopic (exact) mass is 234 g/mol. The van der Waals surface area contributed by atoms with Crippen molar-refractivity contribution in [1.82, 2.24) is 9.97 Å². The number of fused-ring (bicyclic) bond motifs is 1. The molecule has 0 aliphatic rings. The standard InChI is InChI=1S/C13H18N2O2/c1-9(2)17-10-5-6-11-12(8-10)15-13(14-11)4-3-7-16/h5-6,8-9,16H,3-4,7H2,1-2H3,(H,14,15). The highest BCUT2D eigenvalue weighted by Gasteiger charge is 2.05. The van der Waals surface area contributed by atoms with Gasteiger partial charge in [0.1, 0.15) is 11.6 Å². The highest BCUT2D eigenvalue weighted by molar-refractivity contribution is 5.76. The van der Waals surface area contributed by atoms with Gasteiger partial charge in [0.05, 0.1) is 17.1 Å². The van der Waals surface area contributed by atoms with Gasteiger partial charge in [0, 0.05) is 19.1 Å². The molecule has 0 atom stereocenters. The Balaban J connectivity index is 2.21. The Morgan fingerprint density at radius 3 is 2.94 bits per heavy atom. The number of hydrogen-bond donors (Lipinski definition) is 2. The van der Waals surface area contributed by atoms with Gasteiger partial charge in [-0.15, -0.1) is 0 Å². The Bertz CT molecular complexity index is 491. The summed E-state index contributed by atoms with van der Waals surface area (Å²) in [5.74, 6) is 1.76. The largest absolute Gasteiger partial charge is 0.491 e. The molecule has 1 aromatic heterocycles. The molecule has 4 heteroatoms. The summed E-state index contributed by atoms with van der Waals surface area (Å²) in [7, 11) is 0. The van der Waals surface area contributed by atoms with Crippen LogP contribution >= 0.6 is 0 Å². The SMILES string of the molecule is CC(C)Oc1ccc2nc(CCCO)[nH]c2c1. The number of aliphatic hydroxyl groups excluding tert-OH is 1. The summed E-state index contributed by atoms with van der Waals surface area (Å²) < 4.78 is 5.62. The second-order valence-electron chi connectivity index (χ2n) is 4.36. The van der Waals surface area contributed by atoms with Gasteiger partial charge < -0.3 is 14.8 Å². The number of aromatic nitrogens is 2. The van der Waals surface area contributed by atoms with Crippen LogP contribution in [0.4, 0.5) is 0 Å². The number of rotatable bonds is 5. The molecule has 1 heterocycles. The lowest BCUT2D eigenvalue weighted by molar-refractivity contribution is 0.242. The van der Waals surface area contributed by atoms with Crippen LogP contribution in [0, 0.1) is 0 Å². The summed E-state index contributed by atoms with van der Waals surface area (Å²) in [5, 5.41) is 8.78. The molecule has 2 N–H and O–H groups in total. The van der Waals surface area contributed by atoms with Crippen molar-refractivity contribution in [3.63, 3.8) is 0 Å². The van der Waals surface area contributed by atoms with Gasteiger partial charge in [-0.2, -0.15) is 0 Å². The van der Waals surface area contributed by atoms with Gasteiger partial charge in [0.15, 0.2) is 0 Å². The van der Waals surface area contributed by atoms with E-state index in [9.17, 15) is 0 Å². The third kappa shape index (κ3) is 2.97. The van der Waals surface area contributed by atoms with Gasteiger partial charge in [0.25, 0.3) is 0 Å². The Labute approximate surface area is 101 Å². The van der Waals surface area contributed by atoms with Crippen molar-refractivity contribution in [2.24, 2.45) is 0 Å². The molecule has 1 aromatic carbocycles. The van der Waals surface area contributed by atoms with E-state index in [1.165, 1.54) is 0 Å². The number of aryl methyl sites for hydroxylation is 1. The number of nitrogens with zero attached hydrogens (tertiary/aromatic N) is 1. The average molecular weight is 234 g/mol. The van der Waals surface area contributed by atoms with Crippen LogP contribution in [0.2, 0.25) is 0 Å². The zero-order valence-electron chi connectivity index (χ0n) is 10.2. The lowest BCUT2D eigenvalue weighted by Crippen LogP contribution is -2.05. The number of benzene rings is 1. The predicted octanol–water partition coefficient (Wildman–Crippen LogP) is 2.27. The zero-order valence-corrected chi connectivity index (χ0v) is 10.2. The first-order chi connectivity index (χ1) is 8.19. The van der Waals surface area contributed by atoms with Gasteiger partial charge in [-0.3, -0.25) is 0 Å². The molecule has 0 amide bonds. The highest BCUT2D eigenvalue weighted by atomic mass is 16.5. The van der Waals surface area contributed by atoms with Crippen molar-refractivity contribution in [2.75, 3.05) is 6.61 Å². The molecule has 2 aromatic rings. The second-order valence-corrected chi connectivity index (χ2v) is 4.36. The predicted molar refractivity (Wildman–Crippen MR) is 67.3 cm³/mol. The van der Waals surface area contributed by atoms with E-state index in [0.717, 1.165) is 35.4 Å². The Morgan fingerprint density at radius 2 is 2.24 bits per heavy atom. The summed E-state index contributed by atoms with van der Waals surface area (Å²) in [6.07, 6.45) is 1.67. The van der Waals surface area contributed by atoms with E-state index in [0.29, 0.717) is 0 Å². The first-order valence-corrected chi connectivity index (χ1v) is 5.95. The number of imidazole rings is 1. The van der Waals surface area contributed by atoms with Crippen molar-refractivity contribution < 1.29 is 9.84 Å². The number of aromatic amines is 1. The van der Waals surface area contributed by atoms with Crippen molar-refractivity contribution in [2.45, 2.75) is 32.8 Å². The van der Waals surface area contributed by atoms with E-state index >= 15 is 0 Å². The molecule has 0 fully saturated rings. The Hall–Kier alpha value is -1.55. The molecule has 92 valence electrons. The van der Waals surface area contributed by atoms with Crippen LogP contribution < -0.4 is 4.74 Å². The maximum Gasteiger partial charge on any atom is 0.121 e. The van der Waals surface area contributed by atoms with Gasteiger partial charge in [-0.05, 0) is 32.4 Å². The normalized spacial score (nSPS) is 11.3. The van der Waals surface area contributed by atoms with Gasteiger partial charge in [0.2, 0.25) is 0 Å². The minimum Gasteiger partial charge on any atom is -0.491 e. The van der Waals surface area contributed by atoms with Crippen LogP contribution in [0.3, 0.4) is 0 Å². The third-order valence-corrected chi connectivity index (χ3v) is 2.45. The van der Waals surface area contributed by atoms with E-state index in [2.05, 4.69) is 9.97 Å². The second kappa shape index (κ2) is 5.19. The fourth-order valence-corrected chi connectivity index (χ4v) is 1.75. The van der Waals surface area contributed by atoms with Crippen LogP contribution in [0.5, 0.6) is 5.75 Å². The number of nitrogens with one attached hydrogen (secondary N) is 1. The van der Waals surface area contributed by atoms with E-state index < -0.39 is 0 Å². The maximum atomic E-state index is 8.78. The van der Waals surface area contributed by atoms with Crippen LogP contribution in [0.25, 0.3) is 11.0 Å². The average Bonchev–Trinajstić information content (AvgIpc) is 2.67. The molecule has 0 aliphatic heterocycles. The summed E-state index contributed by atoms with van der Waals surface area (Å²) in [5.41, 5.74) is 1.92. The molecule has 4 nitrogen and oxygen atoms in total. The summed E-state index contributed by atoms with van der Waals surface area (Å²) >= 11 is 0. The first-order valence-electron chi connectivity index (χ1n) is 5.95. The van der Waals surface area contributed by atoms with Crippen LogP contribution in [0.15, 0.2) is 18.2 Å². The van der Waals surface area contributed by atoms with Crippen LogP contribution in [-0.4, -0.2) is 27.8 Å². The molecule has 0 radical (unpaired) electrons.